The molecule has 0 amide bonds. The average molecular weight is 895 g/mol. The number of rotatable bonds is 33. The summed E-state index contributed by atoms with van der Waals surface area (Å²) in [6.07, 6.45) is 22.6. The van der Waals surface area contributed by atoms with Crippen LogP contribution in [0.3, 0.4) is 0 Å². The monoisotopic (exact) mass is 895 g/mol. The zero-order valence-electron chi connectivity index (χ0n) is 37.5. The molecule has 2 saturated heterocycles. The number of carbonyl (C=O) groups is 2. The highest BCUT2D eigenvalue weighted by atomic mass is 16.7. The molecule has 2 aliphatic rings. The van der Waals surface area contributed by atoms with E-state index < -0.39 is 99.3 Å². The first kappa shape index (κ1) is 56.1. The van der Waals surface area contributed by atoms with Crippen LogP contribution in [0.15, 0.2) is 72.9 Å². The number of aliphatic hydroxyl groups is 7. The first-order chi connectivity index (χ1) is 30.5. The Kier molecular flexibility index (Phi) is 31.4. The Hall–Kier alpha value is -3.06. The maximum atomic E-state index is 12.9. The molecule has 4 unspecified atom stereocenters. The van der Waals surface area contributed by atoms with Gasteiger partial charge in [0.15, 0.2) is 18.7 Å². The van der Waals surface area contributed by atoms with Crippen molar-refractivity contribution < 1.29 is 73.8 Å². The van der Waals surface area contributed by atoms with Gasteiger partial charge in [-0.15, -0.1) is 0 Å². The van der Waals surface area contributed by atoms with Gasteiger partial charge < -0.3 is 64.2 Å². The van der Waals surface area contributed by atoms with Crippen LogP contribution in [-0.4, -0.2) is 142 Å². The molecule has 15 heteroatoms. The molecule has 0 bridgehead atoms. The molecular weight excluding hydrogens is 817 g/mol. The van der Waals surface area contributed by atoms with Crippen molar-refractivity contribution in [2.75, 3.05) is 26.4 Å². The lowest BCUT2D eigenvalue weighted by Crippen LogP contribution is -2.61. The van der Waals surface area contributed by atoms with Gasteiger partial charge in [-0.2, -0.15) is 0 Å². The van der Waals surface area contributed by atoms with E-state index in [-0.39, 0.29) is 19.4 Å². The van der Waals surface area contributed by atoms with Crippen molar-refractivity contribution in [2.24, 2.45) is 0 Å². The highest BCUT2D eigenvalue weighted by Crippen LogP contribution is 2.26. The van der Waals surface area contributed by atoms with Crippen molar-refractivity contribution in [1.82, 2.24) is 0 Å². The van der Waals surface area contributed by atoms with Crippen LogP contribution in [0.4, 0.5) is 0 Å². The molecule has 0 spiro atoms. The van der Waals surface area contributed by atoms with Gasteiger partial charge in [0.1, 0.15) is 55.4 Å². The van der Waals surface area contributed by atoms with Crippen molar-refractivity contribution in [3.05, 3.63) is 72.9 Å². The van der Waals surface area contributed by atoms with Gasteiger partial charge in [0.2, 0.25) is 0 Å². The zero-order chi connectivity index (χ0) is 46.1. The second kappa shape index (κ2) is 35.2. The Morgan fingerprint density at radius 3 is 1.54 bits per heavy atom. The molecule has 2 fully saturated rings. The summed E-state index contributed by atoms with van der Waals surface area (Å²) in [4.78, 5) is 25.5. The molecule has 360 valence electrons. The third kappa shape index (κ3) is 24.2. The van der Waals surface area contributed by atoms with E-state index in [4.69, 9.17) is 28.4 Å². The fraction of sp³-hybridized carbons (Fsp3) is 0.708. The first-order valence-corrected chi connectivity index (χ1v) is 23.0. The van der Waals surface area contributed by atoms with Gasteiger partial charge in [-0.25, -0.2) is 0 Å². The minimum atomic E-state index is -1.78. The van der Waals surface area contributed by atoms with Crippen molar-refractivity contribution in [3.8, 4) is 0 Å². The molecule has 7 N–H and O–H groups in total. The Balaban J connectivity index is 1.87. The van der Waals surface area contributed by atoms with E-state index in [1.165, 1.54) is 25.7 Å². The van der Waals surface area contributed by atoms with E-state index in [1.54, 1.807) is 0 Å². The molecule has 2 aliphatic heterocycles. The summed E-state index contributed by atoms with van der Waals surface area (Å²) in [7, 11) is 0. The van der Waals surface area contributed by atoms with Crippen LogP contribution in [0.5, 0.6) is 0 Å². The summed E-state index contributed by atoms with van der Waals surface area (Å²) < 4.78 is 33.3. The van der Waals surface area contributed by atoms with E-state index in [0.717, 1.165) is 51.4 Å². The van der Waals surface area contributed by atoms with Crippen molar-refractivity contribution >= 4 is 11.9 Å². The fourth-order valence-electron chi connectivity index (χ4n) is 6.65. The van der Waals surface area contributed by atoms with E-state index in [1.807, 2.05) is 18.2 Å². The third-order valence-corrected chi connectivity index (χ3v) is 10.5. The number of ether oxygens (including phenoxy) is 6. The Morgan fingerprint density at radius 1 is 0.524 bits per heavy atom. The molecule has 0 aliphatic carbocycles. The zero-order valence-corrected chi connectivity index (χ0v) is 37.5. The normalized spacial score (nSPS) is 27.5. The molecule has 63 heavy (non-hydrogen) atoms. The highest BCUT2D eigenvalue weighted by molar-refractivity contribution is 5.70. The van der Waals surface area contributed by atoms with Crippen LogP contribution in [0.1, 0.15) is 123 Å². The lowest BCUT2D eigenvalue weighted by Gasteiger charge is -2.42. The van der Waals surface area contributed by atoms with Gasteiger partial charge >= 0.3 is 11.9 Å². The highest BCUT2D eigenvalue weighted by Gasteiger charge is 2.47. The molecule has 0 aromatic carbocycles. The second-order valence-corrected chi connectivity index (χ2v) is 15.9. The molecular formula is C48H78O15. The Bertz CT molecular complexity index is 1380. The number of allylic oxidation sites excluding steroid dienone is 12. The van der Waals surface area contributed by atoms with E-state index in [2.05, 4.69) is 68.5 Å². The number of unbranched alkanes of at least 4 members (excludes halogenated alkanes) is 7. The van der Waals surface area contributed by atoms with Crippen molar-refractivity contribution in [1.29, 1.82) is 0 Å². The molecule has 2 heterocycles. The lowest BCUT2D eigenvalue weighted by atomic mass is 9.98. The molecule has 0 aromatic heterocycles. The minimum Gasteiger partial charge on any atom is -0.462 e. The van der Waals surface area contributed by atoms with Gasteiger partial charge in [-0.1, -0.05) is 132 Å². The number of esters is 2. The SMILES string of the molecule is CC/C=C/C/C=C/C/C=C/C/C=C/C/C=C/C/C=C/CCC(=O)O[C@H](COC(=O)CCCCCCCCCC)CO[C@H]1O[C@@H](CO[C@H]2O[C@@H](CO)[C@@H](O)C(O)C2O)[C@@H](O)C(O)C1O. The summed E-state index contributed by atoms with van der Waals surface area (Å²) in [5, 5.41) is 71.8. The van der Waals surface area contributed by atoms with E-state index in [9.17, 15) is 45.3 Å². The minimum absolute atomic E-state index is 0.0374. The van der Waals surface area contributed by atoms with Gasteiger partial charge in [0.05, 0.1) is 19.8 Å². The van der Waals surface area contributed by atoms with Crippen LogP contribution in [0.25, 0.3) is 0 Å². The van der Waals surface area contributed by atoms with Gasteiger partial charge in [-0.05, 0) is 51.4 Å². The quantitative estimate of drug-likeness (QED) is 0.0259. The van der Waals surface area contributed by atoms with Crippen molar-refractivity contribution in [2.45, 2.75) is 191 Å². The first-order valence-electron chi connectivity index (χ1n) is 23.0. The van der Waals surface area contributed by atoms with Crippen LogP contribution in [0, 0.1) is 0 Å². The largest absolute Gasteiger partial charge is 0.462 e. The molecule has 2 rings (SSSR count). The predicted octanol–water partition coefficient (Wildman–Crippen LogP) is 5.09. The molecule has 0 radical (unpaired) electrons. The van der Waals surface area contributed by atoms with Crippen LogP contribution < -0.4 is 0 Å². The fourth-order valence-corrected chi connectivity index (χ4v) is 6.65. The van der Waals surface area contributed by atoms with Crippen LogP contribution >= 0.6 is 0 Å². The lowest BCUT2D eigenvalue weighted by molar-refractivity contribution is -0.332. The standard InChI is InChI=1S/C48H78O15/c1-3-5-7-9-11-13-14-15-16-17-18-19-20-21-22-23-25-27-29-31-40(51)61-36(33-58-39(50)30-28-26-24-12-10-8-6-4-2)34-59-47-46(57)44(55)42(53)38(63-47)35-60-48-45(56)43(54)41(52)37(32-49)62-48/h5,7,11,13,15-16,18-19,21-22,25,27,36-38,41-49,52-57H,3-4,6,8-10,12,14,17,20,23-24,26,28-35H2,1-2H3/b7-5+,13-11+,16-15+,19-18+,22-21+,27-25+/t36-,37+,38+,41-,42-,43?,44?,45?,46?,47+,48+/m1/s1. The summed E-state index contributed by atoms with van der Waals surface area (Å²) in [6.45, 7) is 2.32. The summed E-state index contributed by atoms with van der Waals surface area (Å²) in [6, 6.07) is 0. The maximum Gasteiger partial charge on any atom is 0.306 e. The number of aliphatic hydroxyl groups excluding tert-OH is 7. The maximum absolute atomic E-state index is 12.9. The van der Waals surface area contributed by atoms with Gasteiger partial charge in [0, 0.05) is 12.8 Å². The molecule has 15 nitrogen and oxygen atoms in total. The Labute approximate surface area is 374 Å². The van der Waals surface area contributed by atoms with Gasteiger partial charge in [0.25, 0.3) is 0 Å². The van der Waals surface area contributed by atoms with Crippen LogP contribution in [-0.2, 0) is 38.0 Å². The smallest absolute Gasteiger partial charge is 0.306 e. The molecule has 0 saturated carbocycles. The molecule has 11 atom stereocenters. The number of hydrogen-bond donors (Lipinski definition) is 7. The van der Waals surface area contributed by atoms with E-state index in [0.29, 0.717) is 19.3 Å². The summed E-state index contributed by atoms with van der Waals surface area (Å²) in [5.41, 5.74) is 0. The molecule has 0 aromatic rings. The van der Waals surface area contributed by atoms with Crippen molar-refractivity contribution in [3.63, 3.8) is 0 Å². The van der Waals surface area contributed by atoms with E-state index >= 15 is 0 Å². The third-order valence-electron chi connectivity index (χ3n) is 10.5. The summed E-state index contributed by atoms with van der Waals surface area (Å²) >= 11 is 0. The second-order valence-electron chi connectivity index (χ2n) is 15.9. The summed E-state index contributed by atoms with van der Waals surface area (Å²) in [5.74, 6) is -1.04. The average Bonchev–Trinajstić information content (AvgIpc) is 3.28. The topological polar surface area (TPSA) is 231 Å². The predicted molar refractivity (Wildman–Crippen MR) is 238 cm³/mol. The number of carbonyl (C=O) groups excluding carboxylic acids is 2. The Morgan fingerprint density at radius 2 is 1.00 bits per heavy atom. The number of hydrogen-bond acceptors (Lipinski definition) is 15. The van der Waals surface area contributed by atoms with Crippen LogP contribution in [0.2, 0.25) is 0 Å². The van der Waals surface area contributed by atoms with Gasteiger partial charge in [-0.3, -0.25) is 9.59 Å².